The van der Waals surface area contributed by atoms with Gasteiger partial charge in [0.15, 0.2) is 0 Å². The van der Waals surface area contributed by atoms with Crippen molar-refractivity contribution >= 4 is 23.4 Å². The Hall–Kier alpha value is -2.34. The first-order chi connectivity index (χ1) is 13.0. The third kappa shape index (κ3) is 3.58. The van der Waals surface area contributed by atoms with E-state index < -0.39 is 0 Å². The van der Waals surface area contributed by atoms with Gasteiger partial charge in [-0.3, -0.25) is 14.3 Å². The van der Waals surface area contributed by atoms with Crippen molar-refractivity contribution < 1.29 is 9.59 Å². The molecule has 1 unspecified atom stereocenters. The smallest absolute Gasteiger partial charge is 0.312 e. The van der Waals surface area contributed by atoms with Gasteiger partial charge in [-0.15, -0.1) is 0 Å². The summed E-state index contributed by atoms with van der Waals surface area (Å²) in [4.78, 5) is 28.8. The number of amides is 2. The zero-order valence-electron chi connectivity index (χ0n) is 15.3. The van der Waals surface area contributed by atoms with Gasteiger partial charge in [0, 0.05) is 37.9 Å². The highest BCUT2D eigenvalue weighted by Gasteiger charge is 2.39. The molecule has 27 heavy (non-hydrogen) atoms. The highest BCUT2D eigenvalue weighted by Crippen LogP contribution is 2.34. The molecule has 1 aromatic heterocycles. The van der Waals surface area contributed by atoms with Gasteiger partial charge in [0.1, 0.15) is 0 Å². The molecule has 0 N–H and O–H groups in total. The summed E-state index contributed by atoms with van der Waals surface area (Å²) < 4.78 is 1.80. The van der Waals surface area contributed by atoms with Gasteiger partial charge in [-0.05, 0) is 48.4 Å². The minimum atomic E-state index is -0.388. The second-order valence-electron chi connectivity index (χ2n) is 7.37. The molecule has 1 atom stereocenters. The summed E-state index contributed by atoms with van der Waals surface area (Å²) >= 11 is 5.94. The number of likely N-dealkylation sites (tertiary alicyclic amines) is 2. The van der Waals surface area contributed by atoms with Crippen LogP contribution in [-0.4, -0.2) is 51.0 Å². The maximum absolute atomic E-state index is 12.7. The predicted molar refractivity (Wildman–Crippen MR) is 102 cm³/mol. The SMILES string of the molecule is Cn1cc(C2CCN(C(=O)C(=O)N3CCC3c3ccc(Cl)cc3)CC2)cn1. The number of carbonyl (C=O) groups is 2. The highest BCUT2D eigenvalue weighted by atomic mass is 35.5. The first-order valence-corrected chi connectivity index (χ1v) is 9.74. The fourth-order valence-corrected chi connectivity index (χ4v) is 4.11. The van der Waals surface area contributed by atoms with Gasteiger partial charge in [0.05, 0.1) is 12.2 Å². The normalized spacial score (nSPS) is 20.4. The molecule has 2 aliphatic rings. The zero-order chi connectivity index (χ0) is 19.0. The van der Waals surface area contributed by atoms with Crippen LogP contribution in [0.2, 0.25) is 5.02 Å². The lowest BCUT2D eigenvalue weighted by Crippen LogP contribution is -2.53. The Morgan fingerprint density at radius 1 is 1.00 bits per heavy atom. The summed E-state index contributed by atoms with van der Waals surface area (Å²) in [6.45, 7) is 1.86. The molecule has 0 aliphatic carbocycles. The van der Waals surface area contributed by atoms with Crippen LogP contribution in [-0.2, 0) is 16.6 Å². The molecule has 2 aromatic rings. The number of halogens is 1. The van der Waals surface area contributed by atoms with E-state index in [1.807, 2.05) is 43.7 Å². The number of rotatable bonds is 2. The summed E-state index contributed by atoms with van der Waals surface area (Å²) in [5, 5.41) is 4.90. The Balaban J connectivity index is 1.35. The van der Waals surface area contributed by atoms with E-state index in [1.54, 1.807) is 14.5 Å². The third-order valence-electron chi connectivity index (χ3n) is 5.70. The van der Waals surface area contributed by atoms with Crippen molar-refractivity contribution in [3.8, 4) is 0 Å². The predicted octanol–water partition coefficient (Wildman–Crippen LogP) is 2.75. The van der Waals surface area contributed by atoms with E-state index in [9.17, 15) is 9.59 Å². The Morgan fingerprint density at radius 2 is 1.70 bits per heavy atom. The van der Waals surface area contributed by atoms with Crippen molar-refractivity contribution in [3.63, 3.8) is 0 Å². The van der Waals surface area contributed by atoms with Gasteiger partial charge in [-0.2, -0.15) is 5.10 Å². The van der Waals surface area contributed by atoms with Gasteiger partial charge in [-0.1, -0.05) is 23.7 Å². The van der Waals surface area contributed by atoms with Gasteiger partial charge in [-0.25, -0.2) is 0 Å². The fraction of sp³-hybridized carbons (Fsp3) is 0.450. The van der Waals surface area contributed by atoms with E-state index in [1.165, 1.54) is 5.56 Å². The summed E-state index contributed by atoms with van der Waals surface area (Å²) in [7, 11) is 1.91. The molecule has 2 amide bonds. The topological polar surface area (TPSA) is 58.4 Å². The van der Waals surface area contributed by atoms with Crippen LogP contribution in [0.5, 0.6) is 0 Å². The quantitative estimate of drug-likeness (QED) is 0.746. The molecule has 6 nitrogen and oxygen atoms in total. The van der Waals surface area contributed by atoms with Gasteiger partial charge in [0.25, 0.3) is 0 Å². The summed E-state index contributed by atoms with van der Waals surface area (Å²) in [5.41, 5.74) is 2.24. The summed E-state index contributed by atoms with van der Waals surface area (Å²) in [5.74, 6) is -0.358. The number of carbonyl (C=O) groups excluding carboxylic acids is 2. The Bertz CT molecular complexity index is 840. The number of hydrogen-bond acceptors (Lipinski definition) is 3. The van der Waals surface area contributed by atoms with Crippen molar-refractivity contribution in [1.82, 2.24) is 19.6 Å². The molecular formula is C20H23ClN4O2. The van der Waals surface area contributed by atoms with E-state index in [-0.39, 0.29) is 17.9 Å². The molecule has 2 aliphatic heterocycles. The molecule has 1 aromatic carbocycles. The minimum Gasteiger partial charge on any atom is -0.334 e. The molecule has 7 heteroatoms. The molecule has 0 saturated carbocycles. The van der Waals surface area contributed by atoms with Crippen molar-refractivity contribution in [3.05, 3.63) is 52.8 Å². The largest absolute Gasteiger partial charge is 0.334 e. The van der Waals surface area contributed by atoms with E-state index in [0.717, 1.165) is 24.8 Å². The van der Waals surface area contributed by atoms with E-state index in [2.05, 4.69) is 5.10 Å². The molecule has 3 heterocycles. The molecule has 0 bridgehead atoms. The van der Waals surface area contributed by atoms with Gasteiger partial charge in [0.2, 0.25) is 0 Å². The second kappa shape index (κ2) is 7.35. The Morgan fingerprint density at radius 3 is 2.26 bits per heavy atom. The van der Waals surface area contributed by atoms with Gasteiger partial charge < -0.3 is 9.80 Å². The van der Waals surface area contributed by atoms with Crippen LogP contribution < -0.4 is 0 Å². The second-order valence-corrected chi connectivity index (χ2v) is 7.80. The molecule has 2 saturated heterocycles. The lowest BCUT2D eigenvalue weighted by atomic mass is 9.91. The van der Waals surface area contributed by atoms with Crippen LogP contribution in [0.25, 0.3) is 0 Å². The lowest BCUT2D eigenvalue weighted by molar-refractivity contribution is -0.157. The number of hydrogen-bond donors (Lipinski definition) is 0. The van der Waals surface area contributed by atoms with Crippen molar-refractivity contribution in [2.45, 2.75) is 31.2 Å². The first-order valence-electron chi connectivity index (χ1n) is 9.37. The number of benzene rings is 1. The van der Waals surface area contributed by atoms with Gasteiger partial charge >= 0.3 is 11.8 Å². The van der Waals surface area contributed by atoms with E-state index >= 15 is 0 Å². The Kier molecular flexibility index (Phi) is 4.91. The number of aryl methyl sites for hydroxylation is 1. The molecular weight excluding hydrogens is 364 g/mol. The zero-order valence-corrected chi connectivity index (χ0v) is 16.1. The van der Waals surface area contributed by atoms with Crippen molar-refractivity contribution in [2.24, 2.45) is 7.05 Å². The lowest BCUT2D eigenvalue weighted by Gasteiger charge is -2.42. The maximum atomic E-state index is 12.7. The van der Waals surface area contributed by atoms with Crippen LogP contribution in [0.15, 0.2) is 36.7 Å². The first kappa shape index (κ1) is 18.0. The third-order valence-corrected chi connectivity index (χ3v) is 5.95. The van der Waals surface area contributed by atoms with Crippen LogP contribution in [0.4, 0.5) is 0 Å². The highest BCUT2D eigenvalue weighted by molar-refractivity contribution is 6.35. The van der Waals surface area contributed by atoms with Crippen LogP contribution >= 0.6 is 11.6 Å². The van der Waals surface area contributed by atoms with Crippen molar-refractivity contribution in [1.29, 1.82) is 0 Å². The Labute approximate surface area is 163 Å². The van der Waals surface area contributed by atoms with Crippen molar-refractivity contribution in [2.75, 3.05) is 19.6 Å². The number of aromatic nitrogens is 2. The molecule has 0 radical (unpaired) electrons. The maximum Gasteiger partial charge on any atom is 0.312 e. The average molecular weight is 387 g/mol. The van der Waals surface area contributed by atoms with Crippen LogP contribution in [0, 0.1) is 0 Å². The number of nitrogens with zero attached hydrogens (tertiary/aromatic N) is 4. The number of piperidine rings is 1. The molecule has 4 rings (SSSR count). The van der Waals surface area contributed by atoms with E-state index in [4.69, 9.17) is 11.6 Å². The van der Waals surface area contributed by atoms with Crippen LogP contribution in [0.3, 0.4) is 0 Å². The summed E-state index contributed by atoms with van der Waals surface area (Å²) in [6.07, 6.45) is 6.54. The summed E-state index contributed by atoms with van der Waals surface area (Å²) in [6, 6.07) is 7.48. The minimum absolute atomic E-state index is 0.0216. The average Bonchev–Trinajstić information content (AvgIpc) is 3.08. The fourth-order valence-electron chi connectivity index (χ4n) is 3.99. The standard InChI is InChI=1S/C20H23ClN4O2/c1-23-13-16(12-22-23)14-6-9-24(10-7-14)19(26)20(27)25-11-8-18(25)15-2-4-17(21)5-3-15/h2-5,12-14,18H,6-11H2,1H3. The molecule has 142 valence electrons. The molecule has 0 spiro atoms. The molecule has 2 fully saturated rings. The van der Waals surface area contributed by atoms with Crippen LogP contribution in [0.1, 0.15) is 42.3 Å². The monoisotopic (exact) mass is 386 g/mol. The van der Waals surface area contributed by atoms with E-state index in [0.29, 0.717) is 30.6 Å².